The van der Waals surface area contributed by atoms with E-state index < -0.39 is 0 Å². The molecule has 2 aromatic heterocycles. The molecule has 0 radical (unpaired) electrons. The van der Waals surface area contributed by atoms with Gasteiger partial charge in [0.1, 0.15) is 5.69 Å². The van der Waals surface area contributed by atoms with Crippen molar-refractivity contribution in [3.8, 4) is 17.1 Å². The van der Waals surface area contributed by atoms with E-state index in [1.54, 1.807) is 0 Å². The SMILES string of the molecule is c1ccc(-c2nc3ccccc3nc2-n2c3cccc4c5ccc6ccccc6c5c5cccc2c5c43)cc1. The zero-order chi connectivity index (χ0) is 25.5. The number of rotatable bonds is 2. The zero-order valence-electron chi connectivity index (χ0n) is 21.0. The predicted molar refractivity (Wildman–Crippen MR) is 163 cm³/mol. The maximum atomic E-state index is 5.27. The highest BCUT2D eigenvalue weighted by Gasteiger charge is 2.23. The molecule has 0 aliphatic rings. The number of nitrogens with zero attached hydrogens (tertiary/aromatic N) is 3. The van der Waals surface area contributed by atoms with Crippen LogP contribution >= 0.6 is 0 Å². The first-order chi connectivity index (χ1) is 19.4. The van der Waals surface area contributed by atoms with Crippen LogP contribution in [-0.4, -0.2) is 14.5 Å². The van der Waals surface area contributed by atoms with Gasteiger partial charge in [0.05, 0.1) is 22.1 Å². The number of benzene rings is 7. The Morgan fingerprint density at radius 3 is 1.85 bits per heavy atom. The number of aromatic nitrogens is 3. The molecule has 0 saturated heterocycles. The van der Waals surface area contributed by atoms with Gasteiger partial charge in [-0.15, -0.1) is 0 Å². The topological polar surface area (TPSA) is 30.7 Å². The van der Waals surface area contributed by atoms with Crippen molar-refractivity contribution in [2.45, 2.75) is 0 Å². The summed E-state index contributed by atoms with van der Waals surface area (Å²) in [6.07, 6.45) is 0. The van der Waals surface area contributed by atoms with E-state index in [0.29, 0.717) is 0 Å². The molecule has 0 N–H and O–H groups in total. The summed E-state index contributed by atoms with van der Waals surface area (Å²) in [6, 6.07) is 45.1. The van der Waals surface area contributed by atoms with E-state index in [1.165, 1.54) is 43.1 Å². The second-order valence-electron chi connectivity index (χ2n) is 10.2. The lowest BCUT2D eigenvalue weighted by Gasteiger charge is -2.13. The van der Waals surface area contributed by atoms with Crippen LogP contribution in [0.25, 0.3) is 82.2 Å². The molecular formula is C36H21N3. The maximum absolute atomic E-state index is 5.27. The van der Waals surface area contributed by atoms with Crippen molar-refractivity contribution in [2.24, 2.45) is 0 Å². The molecular weight excluding hydrogens is 474 g/mol. The lowest BCUT2D eigenvalue weighted by Crippen LogP contribution is -2.03. The van der Waals surface area contributed by atoms with Gasteiger partial charge >= 0.3 is 0 Å². The monoisotopic (exact) mass is 495 g/mol. The van der Waals surface area contributed by atoms with Gasteiger partial charge < -0.3 is 0 Å². The first kappa shape index (κ1) is 20.7. The van der Waals surface area contributed by atoms with Crippen LogP contribution in [-0.2, 0) is 0 Å². The summed E-state index contributed by atoms with van der Waals surface area (Å²) >= 11 is 0. The fourth-order valence-corrected chi connectivity index (χ4v) is 6.49. The molecule has 2 heterocycles. The molecule has 0 aliphatic carbocycles. The minimum Gasteiger partial charge on any atom is -0.292 e. The van der Waals surface area contributed by atoms with Crippen molar-refractivity contribution in [1.82, 2.24) is 14.5 Å². The van der Waals surface area contributed by atoms with Gasteiger partial charge in [-0.25, -0.2) is 9.97 Å². The van der Waals surface area contributed by atoms with Crippen LogP contribution in [0.15, 0.2) is 127 Å². The summed E-state index contributed by atoms with van der Waals surface area (Å²) in [7, 11) is 0. The second-order valence-corrected chi connectivity index (χ2v) is 10.2. The number of fused-ring (bicyclic) bond motifs is 6. The Morgan fingerprint density at radius 2 is 1.03 bits per heavy atom. The number of hydrogen-bond acceptors (Lipinski definition) is 2. The standard InChI is InChI=1S/C36H21N3/c1-2-11-23(12-3-1)35-36(38-29-17-7-6-16-28(29)37-35)39-30-18-8-14-25-26-21-20-22-10-4-5-13-24(22)32(26)27-15-9-19-31(39)34(27)33(25)30/h1-21H. The summed E-state index contributed by atoms with van der Waals surface area (Å²) in [5, 5.41) is 10.2. The molecule has 3 heteroatoms. The summed E-state index contributed by atoms with van der Waals surface area (Å²) in [5.74, 6) is 0.852. The van der Waals surface area contributed by atoms with Gasteiger partial charge in [-0.3, -0.25) is 4.57 Å². The van der Waals surface area contributed by atoms with Crippen molar-refractivity contribution in [3.63, 3.8) is 0 Å². The molecule has 7 aromatic carbocycles. The van der Waals surface area contributed by atoms with Crippen molar-refractivity contribution in [2.75, 3.05) is 0 Å². The Morgan fingerprint density at radius 1 is 0.410 bits per heavy atom. The van der Waals surface area contributed by atoms with Crippen LogP contribution in [0.3, 0.4) is 0 Å². The average molecular weight is 496 g/mol. The molecule has 9 aromatic rings. The molecule has 0 bridgehead atoms. The van der Waals surface area contributed by atoms with Gasteiger partial charge in [-0.1, -0.05) is 103 Å². The molecule has 180 valence electrons. The largest absolute Gasteiger partial charge is 0.292 e. The molecule has 0 fully saturated rings. The molecule has 0 unspecified atom stereocenters. The van der Waals surface area contributed by atoms with E-state index >= 15 is 0 Å². The highest BCUT2D eigenvalue weighted by molar-refractivity contribution is 6.37. The van der Waals surface area contributed by atoms with Crippen LogP contribution in [0.1, 0.15) is 0 Å². The first-order valence-corrected chi connectivity index (χ1v) is 13.3. The van der Waals surface area contributed by atoms with Crippen LogP contribution in [0, 0.1) is 0 Å². The third-order valence-corrected chi connectivity index (χ3v) is 8.12. The van der Waals surface area contributed by atoms with Crippen molar-refractivity contribution < 1.29 is 0 Å². The van der Waals surface area contributed by atoms with Gasteiger partial charge in [0, 0.05) is 16.3 Å². The van der Waals surface area contributed by atoms with E-state index in [1.807, 2.05) is 30.3 Å². The summed E-state index contributed by atoms with van der Waals surface area (Å²) in [6.45, 7) is 0. The molecule has 0 atom stereocenters. The smallest absolute Gasteiger partial charge is 0.165 e. The summed E-state index contributed by atoms with van der Waals surface area (Å²) < 4.78 is 2.33. The molecule has 9 rings (SSSR count). The van der Waals surface area contributed by atoms with E-state index in [9.17, 15) is 0 Å². The minimum absolute atomic E-state index is 0.852. The van der Waals surface area contributed by atoms with Crippen molar-refractivity contribution in [1.29, 1.82) is 0 Å². The Balaban J connectivity index is 1.52. The molecule has 0 spiro atoms. The quantitative estimate of drug-likeness (QED) is 0.224. The van der Waals surface area contributed by atoms with Crippen LogP contribution in [0.4, 0.5) is 0 Å². The van der Waals surface area contributed by atoms with Gasteiger partial charge in [0.25, 0.3) is 0 Å². The summed E-state index contributed by atoms with van der Waals surface area (Å²) in [5.41, 5.74) is 6.01. The van der Waals surface area contributed by atoms with Crippen LogP contribution < -0.4 is 0 Å². The highest BCUT2D eigenvalue weighted by Crippen LogP contribution is 2.45. The Bertz CT molecular complexity index is 2380. The fourth-order valence-electron chi connectivity index (χ4n) is 6.49. The third-order valence-electron chi connectivity index (χ3n) is 8.12. The van der Waals surface area contributed by atoms with Gasteiger partial charge in [-0.05, 0) is 56.6 Å². The lowest BCUT2D eigenvalue weighted by molar-refractivity contribution is 1.08. The average Bonchev–Trinajstić information content (AvgIpc) is 3.35. The van der Waals surface area contributed by atoms with Gasteiger partial charge in [-0.2, -0.15) is 0 Å². The maximum Gasteiger partial charge on any atom is 0.165 e. The van der Waals surface area contributed by atoms with Crippen LogP contribution in [0.5, 0.6) is 0 Å². The van der Waals surface area contributed by atoms with Crippen molar-refractivity contribution >= 4 is 65.2 Å². The molecule has 0 aliphatic heterocycles. The summed E-state index contributed by atoms with van der Waals surface area (Å²) in [4.78, 5) is 10.4. The lowest BCUT2D eigenvalue weighted by atomic mass is 9.91. The van der Waals surface area contributed by atoms with Gasteiger partial charge in [0.2, 0.25) is 0 Å². The first-order valence-electron chi connectivity index (χ1n) is 13.3. The van der Waals surface area contributed by atoms with E-state index in [-0.39, 0.29) is 0 Å². The number of para-hydroxylation sites is 2. The molecule has 0 saturated carbocycles. The Hall–Kier alpha value is -5.28. The third kappa shape index (κ3) is 2.76. The Kier molecular flexibility index (Phi) is 4.05. The van der Waals surface area contributed by atoms with E-state index in [0.717, 1.165) is 39.1 Å². The zero-order valence-corrected chi connectivity index (χ0v) is 21.0. The van der Waals surface area contributed by atoms with Gasteiger partial charge in [0.15, 0.2) is 5.82 Å². The second kappa shape index (κ2) is 7.62. The molecule has 39 heavy (non-hydrogen) atoms. The molecule has 0 amide bonds. The number of hydrogen-bond donors (Lipinski definition) is 0. The van der Waals surface area contributed by atoms with Crippen molar-refractivity contribution in [3.05, 3.63) is 127 Å². The van der Waals surface area contributed by atoms with E-state index in [2.05, 4.69) is 102 Å². The normalized spacial score (nSPS) is 12.1. The van der Waals surface area contributed by atoms with E-state index in [4.69, 9.17) is 9.97 Å². The highest BCUT2D eigenvalue weighted by atomic mass is 15.1. The Labute approximate surface area is 223 Å². The van der Waals surface area contributed by atoms with Crippen LogP contribution in [0.2, 0.25) is 0 Å². The minimum atomic E-state index is 0.852. The molecule has 3 nitrogen and oxygen atoms in total. The fraction of sp³-hybridized carbons (Fsp3) is 0. The predicted octanol–water partition coefficient (Wildman–Crippen LogP) is 9.29.